The van der Waals surface area contributed by atoms with Gasteiger partial charge in [0.25, 0.3) is 0 Å². The van der Waals surface area contributed by atoms with Gasteiger partial charge in [0.1, 0.15) is 0 Å². The molecule has 1 rings (SSSR count). The molecule has 0 heterocycles. The SMILES string of the molecule is CC=C1C[CH]CCCC1. The Hall–Kier alpha value is -0.260. The lowest BCUT2D eigenvalue weighted by molar-refractivity contribution is 0.760. The molecule has 0 aromatic heterocycles. The Balaban J connectivity index is 2.36. The van der Waals surface area contributed by atoms with E-state index in [2.05, 4.69) is 19.4 Å². The van der Waals surface area contributed by atoms with E-state index < -0.39 is 0 Å². The first kappa shape index (κ1) is 6.85. The first-order valence-corrected chi connectivity index (χ1v) is 3.89. The molecule has 0 nitrogen and oxygen atoms in total. The van der Waals surface area contributed by atoms with Crippen LogP contribution in [-0.2, 0) is 0 Å². The van der Waals surface area contributed by atoms with Gasteiger partial charge in [0.15, 0.2) is 0 Å². The molecule has 0 atom stereocenters. The Labute approximate surface area is 58.0 Å². The zero-order valence-corrected chi connectivity index (χ0v) is 6.19. The first-order chi connectivity index (χ1) is 4.43. The lowest BCUT2D eigenvalue weighted by atomic mass is 10.1. The third-order valence-electron chi connectivity index (χ3n) is 1.97. The summed E-state index contributed by atoms with van der Waals surface area (Å²) in [6.07, 6.45) is 11.4. The molecule has 9 heavy (non-hydrogen) atoms. The maximum Gasteiger partial charge on any atom is -0.0289 e. The maximum atomic E-state index is 2.41. The van der Waals surface area contributed by atoms with Crippen LogP contribution >= 0.6 is 0 Å². The minimum absolute atomic E-state index is 1.25. The van der Waals surface area contributed by atoms with Crippen LogP contribution in [0.5, 0.6) is 0 Å². The second kappa shape index (κ2) is 3.71. The van der Waals surface area contributed by atoms with E-state index in [9.17, 15) is 0 Å². The van der Waals surface area contributed by atoms with Crippen molar-refractivity contribution in [3.8, 4) is 0 Å². The third kappa shape index (κ3) is 2.21. The van der Waals surface area contributed by atoms with E-state index in [0.717, 1.165) is 0 Å². The molecule has 0 saturated heterocycles. The number of allylic oxidation sites excluding steroid dienone is 2. The van der Waals surface area contributed by atoms with Crippen molar-refractivity contribution >= 4 is 0 Å². The Morgan fingerprint density at radius 1 is 1.44 bits per heavy atom. The van der Waals surface area contributed by atoms with Crippen LogP contribution in [0.3, 0.4) is 0 Å². The minimum Gasteiger partial charge on any atom is -0.0884 e. The van der Waals surface area contributed by atoms with E-state index in [1.165, 1.54) is 32.1 Å². The average molecular weight is 123 g/mol. The molecule has 0 heteroatoms. The van der Waals surface area contributed by atoms with Gasteiger partial charge in [0, 0.05) is 0 Å². The van der Waals surface area contributed by atoms with Crippen LogP contribution < -0.4 is 0 Å². The van der Waals surface area contributed by atoms with Gasteiger partial charge in [0.2, 0.25) is 0 Å². The van der Waals surface area contributed by atoms with Gasteiger partial charge < -0.3 is 0 Å². The van der Waals surface area contributed by atoms with Crippen molar-refractivity contribution < 1.29 is 0 Å². The summed E-state index contributed by atoms with van der Waals surface area (Å²) < 4.78 is 0. The summed E-state index contributed by atoms with van der Waals surface area (Å²) in [5.74, 6) is 0. The van der Waals surface area contributed by atoms with Gasteiger partial charge in [-0.05, 0) is 39.0 Å². The van der Waals surface area contributed by atoms with Gasteiger partial charge in [-0.2, -0.15) is 0 Å². The molecule has 51 valence electrons. The number of rotatable bonds is 0. The van der Waals surface area contributed by atoms with Crippen molar-refractivity contribution in [2.75, 3.05) is 0 Å². The van der Waals surface area contributed by atoms with Gasteiger partial charge in [-0.3, -0.25) is 0 Å². The van der Waals surface area contributed by atoms with Gasteiger partial charge in [0.05, 0.1) is 0 Å². The van der Waals surface area contributed by atoms with E-state index in [-0.39, 0.29) is 0 Å². The van der Waals surface area contributed by atoms with E-state index in [1.807, 2.05) is 0 Å². The van der Waals surface area contributed by atoms with Gasteiger partial charge in [-0.15, -0.1) is 0 Å². The molecule has 1 aliphatic rings. The summed E-state index contributed by atoms with van der Waals surface area (Å²) in [7, 11) is 0. The first-order valence-electron chi connectivity index (χ1n) is 3.89. The van der Waals surface area contributed by atoms with Crippen molar-refractivity contribution in [2.45, 2.75) is 39.0 Å². The molecular formula is C9H15. The summed E-state index contributed by atoms with van der Waals surface area (Å²) in [5, 5.41) is 0. The average Bonchev–Trinajstić information content (AvgIpc) is 2.13. The van der Waals surface area contributed by atoms with Crippen LogP contribution in [0.1, 0.15) is 39.0 Å². The minimum atomic E-state index is 1.25. The van der Waals surface area contributed by atoms with Crippen molar-refractivity contribution in [2.24, 2.45) is 0 Å². The molecule has 0 N–H and O–H groups in total. The highest BCUT2D eigenvalue weighted by Gasteiger charge is 2.01. The smallest absolute Gasteiger partial charge is 0.0289 e. The van der Waals surface area contributed by atoms with E-state index in [0.29, 0.717) is 0 Å². The fraction of sp³-hybridized carbons (Fsp3) is 0.667. The molecule has 0 spiro atoms. The highest BCUT2D eigenvalue weighted by molar-refractivity contribution is 5.05. The van der Waals surface area contributed by atoms with Crippen molar-refractivity contribution in [3.63, 3.8) is 0 Å². The summed E-state index contributed by atoms with van der Waals surface area (Å²) in [5.41, 5.74) is 1.63. The molecule has 0 aliphatic heterocycles. The fourth-order valence-corrected chi connectivity index (χ4v) is 1.29. The topological polar surface area (TPSA) is 0 Å². The van der Waals surface area contributed by atoms with Crippen molar-refractivity contribution in [3.05, 3.63) is 18.1 Å². The van der Waals surface area contributed by atoms with Crippen molar-refractivity contribution in [1.82, 2.24) is 0 Å². The van der Waals surface area contributed by atoms with Crippen LogP contribution in [0.15, 0.2) is 11.6 Å². The summed E-state index contributed by atoms with van der Waals surface area (Å²) in [6.45, 7) is 2.15. The van der Waals surface area contributed by atoms with Crippen LogP contribution in [-0.4, -0.2) is 0 Å². The van der Waals surface area contributed by atoms with Crippen LogP contribution in [0.4, 0.5) is 0 Å². The Kier molecular flexibility index (Phi) is 2.82. The molecule has 1 radical (unpaired) electrons. The number of hydrogen-bond acceptors (Lipinski definition) is 0. The van der Waals surface area contributed by atoms with Gasteiger partial charge in [-0.1, -0.05) is 18.1 Å². The molecule has 0 bridgehead atoms. The monoisotopic (exact) mass is 123 g/mol. The van der Waals surface area contributed by atoms with Crippen molar-refractivity contribution in [1.29, 1.82) is 0 Å². The number of hydrogen-bond donors (Lipinski definition) is 0. The highest BCUT2D eigenvalue weighted by atomic mass is 14.1. The van der Waals surface area contributed by atoms with Gasteiger partial charge >= 0.3 is 0 Å². The Bertz CT molecular complexity index is 90.6. The molecule has 1 fully saturated rings. The zero-order chi connectivity index (χ0) is 6.53. The molecule has 0 aromatic carbocycles. The third-order valence-corrected chi connectivity index (χ3v) is 1.97. The largest absolute Gasteiger partial charge is 0.0884 e. The maximum absolute atomic E-state index is 2.41. The Morgan fingerprint density at radius 2 is 2.33 bits per heavy atom. The second-order valence-corrected chi connectivity index (χ2v) is 2.69. The highest BCUT2D eigenvalue weighted by Crippen LogP contribution is 2.20. The Morgan fingerprint density at radius 3 is 3.11 bits per heavy atom. The van der Waals surface area contributed by atoms with Crippen LogP contribution in [0.2, 0.25) is 0 Å². The second-order valence-electron chi connectivity index (χ2n) is 2.69. The molecule has 0 amide bonds. The fourth-order valence-electron chi connectivity index (χ4n) is 1.29. The van der Waals surface area contributed by atoms with Gasteiger partial charge in [-0.25, -0.2) is 0 Å². The molecule has 0 aromatic rings. The predicted molar refractivity (Wildman–Crippen MR) is 41.1 cm³/mol. The van der Waals surface area contributed by atoms with Crippen LogP contribution in [0, 0.1) is 6.42 Å². The summed E-state index contributed by atoms with van der Waals surface area (Å²) in [4.78, 5) is 0. The predicted octanol–water partition coefficient (Wildman–Crippen LogP) is 3.10. The van der Waals surface area contributed by atoms with E-state index in [4.69, 9.17) is 0 Å². The molecule has 0 unspecified atom stereocenters. The van der Waals surface area contributed by atoms with E-state index >= 15 is 0 Å². The summed E-state index contributed by atoms with van der Waals surface area (Å²) >= 11 is 0. The normalized spacial score (nSPS) is 26.1. The lowest BCUT2D eigenvalue weighted by Gasteiger charge is -1.97. The molecule has 1 saturated carbocycles. The van der Waals surface area contributed by atoms with Crippen LogP contribution in [0.25, 0.3) is 0 Å². The zero-order valence-electron chi connectivity index (χ0n) is 6.19. The molecular weight excluding hydrogens is 108 g/mol. The molecule has 1 aliphatic carbocycles. The standard InChI is InChI=1S/C9H15/c1-2-9-7-5-3-4-6-8-9/h2,5H,3-4,6-8H2,1H3. The van der Waals surface area contributed by atoms with E-state index in [1.54, 1.807) is 5.57 Å². The quantitative estimate of drug-likeness (QED) is 0.343. The summed E-state index contributed by atoms with van der Waals surface area (Å²) in [6, 6.07) is 0. The lowest BCUT2D eigenvalue weighted by Crippen LogP contribution is -1.77.